The van der Waals surface area contributed by atoms with E-state index in [2.05, 4.69) is 102 Å². The molecule has 0 bridgehead atoms. The molecule has 0 N–H and O–H groups in total. The Morgan fingerprint density at radius 2 is 0.829 bits per heavy atom. The summed E-state index contributed by atoms with van der Waals surface area (Å²) in [6, 6.07) is 18.1. The van der Waals surface area contributed by atoms with Crippen molar-refractivity contribution in [3.8, 4) is 0 Å². The van der Waals surface area contributed by atoms with E-state index >= 15 is 0 Å². The normalized spacial score (nSPS) is 16.5. The summed E-state index contributed by atoms with van der Waals surface area (Å²) >= 11 is 4.74. The number of hydrogen-bond donors (Lipinski definition) is 0. The van der Waals surface area contributed by atoms with Crippen LogP contribution in [0.4, 0.5) is 0 Å². The molecule has 0 saturated carbocycles. The van der Waals surface area contributed by atoms with Crippen LogP contribution in [-0.2, 0) is 9.47 Å². The van der Waals surface area contributed by atoms with Crippen LogP contribution in [0.15, 0.2) is 59.7 Å². The average Bonchev–Trinajstić information content (AvgIpc) is 3.23. The average molecular weight is 746 g/mol. The van der Waals surface area contributed by atoms with Crippen molar-refractivity contribution >= 4 is 51.1 Å². The van der Waals surface area contributed by atoms with Gasteiger partial charge in [-0.05, 0) is 46.2 Å². The van der Waals surface area contributed by atoms with Crippen LogP contribution in [0, 0.1) is 0 Å². The molecule has 5 rings (SSSR count). The standard InChI is InChI=1S/C22H20.2C2H6.6CH4.2HI.V/c1-13-15-7-3-5-9-17(15)21-12-20-14(2)16-8-4-6-10-18(16)22(20)11-19(13)21;2*1-2;;;;;;;;;/h3-10,13-14H,11-12H2,1-2H3;2*1-2H3;6*1H4;2*1H;/q;;;;;;;;;;;+2/p-2. The van der Waals surface area contributed by atoms with Crippen LogP contribution in [0.2, 0.25) is 0 Å². The van der Waals surface area contributed by atoms with E-state index in [9.17, 15) is 0 Å². The van der Waals surface area contributed by atoms with E-state index in [1.807, 2.05) is 27.7 Å². The molecule has 0 aromatic heterocycles. The van der Waals surface area contributed by atoms with E-state index in [1.165, 1.54) is 22.3 Å². The molecule has 3 aliphatic carbocycles. The molecule has 203 valence electrons. The zero-order chi connectivity index (χ0) is 21.6. The molecule has 3 heteroatoms. The fraction of sp³-hybridized carbons (Fsp3) is 0.500. The third-order valence-corrected chi connectivity index (χ3v) is 6.06. The van der Waals surface area contributed by atoms with Gasteiger partial charge >= 0.3 is 49.4 Å². The van der Waals surface area contributed by atoms with Crippen molar-refractivity contribution in [1.29, 1.82) is 0 Å². The minimum absolute atomic E-state index is 0. The Morgan fingerprint density at radius 1 is 0.571 bits per heavy atom. The summed E-state index contributed by atoms with van der Waals surface area (Å²) in [6.07, 6.45) is 2.31. The molecule has 0 heterocycles. The number of benzene rings is 2. The summed E-state index contributed by atoms with van der Waals surface area (Å²) in [4.78, 5) is 0. The van der Waals surface area contributed by atoms with Gasteiger partial charge in [0, 0.05) is 11.8 Å². The molecule has 0 nitrogen and oxygen atoms in total. The molecule has 3 aliphatic rings. The Kier molecular flexibility index (Phi) is 28.2. The molecule has 0 spiro atoms. The Hall–Kier alpha value is -0.0356. The number of fused-ring (bicyclic) bond motifs is 4. The van der Waals surface area contributed by atoms with Crippen molar-refractivity contribution in [2.45, 2.75) is 111 Å². The number of rotatable bonds is 0. The molecular formula is C32H56I2V. The Bertz CT molecular complexity index is 822. The molecule has 0 fully saturated rings. The van der Waals surface area contributed by atoms with E-state index in [0.29, 0.717) is 21.3 Å². The minimum atomic E-state index is 0. The first-order valence-corrected chi connectivity index (χ1v) is 19.7. The third-order valence-electron chi connectivity index (χ3n) is 6.06. The van der Waals surface area contributed by atoms with Gasteiger partial charge in [-0.15, -0.1) is 0 Å². The van der Waals surface area contributed by atoms with Gasteiger partial charge in [-0.25, -0.2) is 0 Å². The van der Waals surface area contributed by atoms with Crippen molar-refractivity contribution < 1.29 is 9.47 Å². The zero-order valence-corrected chi connectivity index (χ0v) is 24.1. The van der Waals surface area contributed by atoms with Crippen molar-refractivity contribution in [1.82, 2.24) is 0 Å². The quantitative estimate of drug-likeness (QED) is 0.236. The zero-order valence-electron chi connectivity index (χ0n) is 18.4. The fourth-order valence-electron chi connectivity index (χ4n) is 4.86. The predicted molar refractivity (Wildman–Crippen MR) is 184 cm³/mol. The number of allylic oxidation sites excluding steroid dienone is 4. The van der Waals surface area contributed by atoms with Crippen LogP contribution in [-0.4, -0.2) is 0 Å². The maximum atomic E-state index is 2.39. The van der Waals surface area contributed by atoms with Crippen LogP contribution < -0.4 is 0 Å². The monoisotopic (exact) mass is 745 g/mol. The van der Waals surface area contributed by atoms with Crippen LogP contribution >= 0.6 is 40.0 Å². The van der Waals surface area contributed by atoms with Gasteiger partial charge in [0.15, 0.2) is 0 Å². The third kappa shape index (κ3) is 9.04. The van der Waals surface area contributed by atoms with Gasteiger partial charge in [0.25, 0.3) is 0 Å². The van der Waals surface area contributed by atoms with E-state index in [-0.39, 0.29) is 44.6 Å². The fourth-order valence-corrected chi connectivity index (χ4v) is 4.86. The van der Waals surface area contributed by atoms with Crippen LogP contribution in [0.5, 0.6) is 0 Å². The van der Waals surface area contributed by atoms with Gasteiger partial charge in [0.05, 0.1) is 0 Å². The molecule has 35 heavy (non-hydrogen) atoms. The van der Waals surface area contributed by atoms with E-state index < -0.39 is 0 Å². The molecule has 0 radical (unpaired) electrons. The molecule has 2 unspecified atom stereocenters. The van der Waals surface area contributed by atoms with E-state index in [1.54, 1.807) is 22.3 Å². The van der Waals surface area contributed by atoms with Gasteiger partial charge in [0.1, 0.15) is 0 Å². The summed E-state index contributed by atoms with van der Waals surface area (Å²) in [5, 5.41) is 0. The molecule has 2 aromatic carbocycles. The number of hydrogen-bond acceptors (Lipinski definition) is 0. The topological polar surface area (TPSA) is 0 Å². The first-order valence-electron chi connectivity index (χ1n) is 10.7. The SMILES string of the molecule is C.C.C.C.C.C.CC.CC.CC1C2=C(CC3=C(C2)c2ccccc2C3C)c2ccccc21.[I][V][I]. The second-order valence-corrected chi connectivity index (χ2v) is 18.8. The van der Waals surface area contributed by atoms with Gasteiger partial charge in [0.2, 0.25) is 0 Å². The molecule has 0 aliphatic heterocycles. The predicted octanol–water partition coefficient (Wildman–Crippen LogP) is 13.6. The summed E-state index contributed by atoms with van der Waals surface area (Å²) < 4.78 is 0. The Morgan fingerprint density at radius 3 is 1.11 bits per heavy atom. The first kappa shape index (κ1) is 44.9. The Balaban J connectivity index is -0.000000212. The van der Waals surface area contributed by atoms with E-state index in [0.717, 1.165) is 12.8 Å². The Labute approximate surface area is 251 Å². The summed E-state index contributed by atoms with van der Waals surface area (Å²) in [5.74, 6) is 1.17. The van der Waals surface area contributed by atoms with Gasteiger partial charge in [-0.1, -0.05) is 146 Å². The van der Waals surface area contributed by atoms with Gasteiger partial charge in [-0.2, -0.15) is 0 Å². The first-order chi connectivity index (χ1) is 14.2. The van der Waals surface area contributed by atoms with Gasteiger partial charge < -0.3 is 0 Å². The molecule has 0 saturated heterocycles. The molecular weight excluding hydrogens is 689 g/mol. The molecule has 2 atom stereocenters. The van der Waals surface area contributed by atoms with Gasteiger partial charge in [-0.3, -0.25) is 0 Å². The summed E-state index contributed by atoms with van der Waals surface area (Å²) in [5.41, 5.74) is 12.7. The van der Waals surface area contributed by atoms with Crippen molar-refractivity contribution in [2.24, 2.45) is 0 Å². The summed E-state index contributed by atoms with van der Waals surface area (Å²) in [7, 11) is 0.628. The van der Waals surface area contributed by atoms with Crippen LogP contribution in [0.3, 0.4) is 0 Å². The second kappa shape index (κ2) is 22.0. The second-order valence-electron chi connectivity index (χ2n) is 7.04. The van der Waals surface area contributed by atoms with Crippen molar-refractivity contribution in [3.63, 3.8) is 0 Å². The van der Waals surface area contributed by atoms with Crippen molar-refractivity contribution in [2.75, 3.05) is 0 Å². The number of halogens is 2. The molecule has 0 amide bonds. The van der Waals surface area contributed by atoms with Crippen molar-refractivity contribution in [3.05, 3.63) is 81.9 Å². The maximum absolute atomic E-state index is 2.39. The van der Waals surface area contributed by atoms with E-state index in [4.69, 9.17) is 0 Å². The molecule has 2 aromatic rings. The van der Waals surface area contributed by atoms with Crippen LogP contribution in [0.25, 0.3) is 11.1 Å². The summed E-state index contributed by atoms with van der Waals surface area (Å²) in [6.45, 7) is 12.8. The van der Waals surface area contributed by atoms with Crippen LogP contribution in [0.1, 0.15) is 133 Å².